The third-order valence-electron chi connectivity index (χ3n) is 2.02. The van der Waals surface area contributed by atoms with E-state index in [0.717, 1.165) is 18.4 Å². The van der Waals surface area contributed by atoms with Gasteiger partial charge in [-0.05, 0) is 25.5 Å². The summed E-state index contributed by atoms with van der Waals surface area (Å²) in [5.74, 6) is -0.527. The van der Waals surface area contributed by atoms with Crippen LogP contribution in [0.5, 0.6) is 0 Å². The molecule has 0 atom stereocenters. The van der Waals surface area contributed by atoms with Crippen molar-refractivity contribution >= 4 is 38.6 Å². The molecule has 0 aromatic carbocycles. The second-order valence-corrected chi connectivity index (χ2v) is 6.01. The molecule has 0 radical (unpaired) electrons. The monoisotopic (exact) mass is 322 g/mol. The fourth-order valence-electron chi connectivity index (χ4n) is 1.24. The van der Waals surface area contributed by atoms with E-state index in [4.69, 9.17) is 4.74 Å². The molecule has 8 nitrogen and oxygen atoms in total. The first-order valence-electron chi connectivity index (χ1n) is 5.45. The van der Waals surface area contributed by atoms with Crippen LogP contribution in [0.2, 0.25) is 0 Å². The van der Waals surface area contributed by atoms with Crippen LogP contribution in [0.25, 0.3) is 0 Å². The van der Waals surface area contributed by atoms with Gasteiger partial charge in [0.05, 0.1) is 13.7 Å². The van der Waals surface area contributed by atoms with Crippen molar-refractivity contribution in [1.29, 1.82) is 0 Å². The second-order valence-electron chi connectivity index (χ2n) is 3.54. The van der Waals surface area contributed by atoms with Crippen LogP contribution in [0.3, 0.4) is 0 Å². The van der Waals surface area contributed by atoms with Crippen LogP contribution in [0.1, 0.15) is 22.2 Å². The molecule has 10 heteroatoms. The summed E-state index contributed by atoms with van der Waals surface area (Å²) in [5, 5.41) is 0.182. The minimum atomic E-state index is -4.10. The van der Waals surface area contributed by atoms with Crippen molar-refractivity contribution in [2.75, 3.05) is 18.4 Å². The van der Waals surface area contributed by atoms with Crippen molar-refractivity contribution < 1.29 is 27.5 Å². The Labute approximate surface area is 120 Å². The molecule has 0 spiro atoms. The highest BCUT2D eigenvalue weighted by atomic mass is 32.2. The van der Waals surface area contributed by atoms with E-state index in [1.54, 1.807) is 18.6 Å². The number of ether oxygens (including phenoxy) is 2. The van der Waals surface area contributed by atoms with Crippen molar-refractivity contribution in [1.82, 2.24) is 4.72 Å². The summed E-state index contributed by atoms with van der Waals surface area (Å²) in [6, 6.07) is 1.47. The summed E-state index contributed by atoms with van der Waals surface area (Å²) in [6.45, 7) is 3.54. The standard InChI is InChI=1S/C10H14N2O6S2/c1-4-18-9(13)8-6(2)5-7(19-8)11-20(15,16)12-10(14)17-3/h5,11H,4H2,1-3H3,(H,12,14). The summed E-state index contributed by atoms with van der Waals surface area (Å²) >= 11 is 0.912. The fourth-order valence-corrected chi connectivity index (χ4v) is 3.23. The Hall–Kier alpha value is -1.81. The highest BCUT2D eigenvalue weighted by molar-refractivity contribution is 7.91. The molecule has 0 unspecified atom stereocenters. The van der Waals surface area contributed by atoms with Crippen LogP contribution in [0.15, 0.2) is 6.07 Å². The minimum Gasteiger partial charge on any atom is -0.462 e. The maximum Gasteiger partial charge on any atom is 0.422 e. The van der Waals surface area contributed by atoms with E-state index in [0.29, 0.717) is 10.4 Å². The van der Waals surface area contributed by atoms with Crippen molar-refractivity contribution in [3.8, 4) is 0 Å². The molecule has 112 valence electrons. The first-order chi connectivity index (χ1) is 9.29. The van der Waals surface area contributed by atoms with Gasteiger partial charge in [-0.25, -0.2) is 14.3 Å². The quantitative estimate of drug-likeness (QED) is 0.789. The van der Waals surface area contributed by atoms with Crippen LogP contribution >= 0.6 is 11.3 Å². The van der Waals surface area contributed by atoms with E-state index in [1.165, 1.54) is 6.07 Å². The smallest absolute Gasteiger partial charge is 0.422 e. The van der Waals surface area contributed by atoms with Gasteiger partial charge in [0.1, 0.15) is 9.88 Å². The normalized spacial score (nSPS) is 10.8. The molecule has 0 saturated heterocycles. The van der Waals surface area contributed by atoms with E-state index in [1.807, 2.05) is 0 Å². The van der Waals surface area contributed by atoms with Gasteiger partial charge in [0.2, 0.25) is 0 Å². The zero-order valence-electron chi connectivity index (χ0n) is 11.1. The SMILES string of the molecule is CCOC(=O)c1sc(NS(=O)(=O)NC(=O)OC)cc1C. The summed E-state index contributed by atoms with van der Waals surface area (Å²) in [7, 11) is -3.06. The third-order valence-corrected chi connectivity index (χ3v) is 4.20. The van der Waals surface area contributed by atoms with E-state index < -0.39 is 22.3 Å². The molecule has 1 aromatic heterocycles. The Kier molecular flexibility index (Phi) is 5.34. The highest BCUT2D eigenvalue weighted by Gasteiger charge is 2.19. The van der Waals surface area contributed by atoms with Crippen LogP contribution in [0, 0.1) is 6.92 Å². The number of hydrogen-bond donors (Lipinski definition) is 2. The number of nitrogens with one attached hydrogen (secondary N) is 2. The van der Waals surface area contributed by atoms with Crippen LogP contribution in [-0.4, -0.2) is 34.2 Å². The van der Waals surface area contributed by atoms with E-state index in [9.17, 15) is 18.0 Å². The lowest BCUT2D eigenvalue weighted by atomic mass is 10.3. The predicted molar refractivity (Wildman–Crippen MR) is 73.1 cm³/mol. The van der Waals surface area contributed by atoms with Gasteiger partial charge in [-0.3, -0.25) is 4.72 Å². The molecule has 20 heavy (non-hydrogen) atoms. The second kappa shape index (κ2) is 6.57. The lowest BCUT2D eigenvalue weighted by Crippen LogP contribution is -2.34. The van der Waals surface area contributed by atoms with Gasteiger partial charge < -0.3 is 9.47 Å². The topological polar surface area (TPSA) is 111 Å². The van der Waals surface area contributed by atoms with E-state index in [-0.39, 0.29) is 11.6 Å². The molecule has 1 amide bonds. The Bertz CT molecular complexity index is 607. The largest absolute Gasteiger partial charge is 0.462 e. The number of carbonyl (C=O) groups excluding carboxylic acids is 2. The van der Waals surface area contributed by atoms with Crippen molar-refractivity contribution in [2.45, 2.75) is 13.8 Å². The maximum absolute atomic E-state index is 11.6. The summed E-state index contributed by atoms with van der Waals surface area (Å²) in [6.07, 6.45) is -1.11. The van der Waals surface area contributed by atoms with Gasteiger partial charge in [0.15, 0.2) is 0 Å². The van der Waals surface area contributed by atoms with E-state index in [2.05, 4.69) is 9.46 Å². The number of methoxy groups -OCH3 is 1. The Morgan fingerprint density at radius 3 is 2.60 bits per heavy atom. The van der Waals surface area contributed by atoms with Gasteiger partial charge in [-0.2, -0.15) is 8.42 Å². The third kappa shape index (κ3) is 4.38. The number of hydrogen-bond acceptors (Lipinski definition) is 7. The molecule has 1 aromatic rings. The Morgan fingerprint density at radius 1 is 1.40 bits per heavy atom. The predicted octanol–water partition coefficient (Wildman–Crippen LogP) is 1.25. The zero-order valence-corrected chi connectivity index (χ0v) is 12.7. The van der Waals surface area contributed by atoms with Crippen LogP contribution in [0.4, 0.5) is 9.80 Å². The summed E-state index contributed by atoms with van der Waals surface area (Å²) < 4.78 is 35.9. The number of aryl methyl sites for hydroxylation is 1. The molecule has 1 heterocycles. The number of rotatable bonds is 5. The molecule has 0 fully saturated rings. The van der Waals surface area contributed by atoms with E-state index >= 15 is 0 Å². The Morgan fingerprint density at radius 2 is 2.05 bits per heavy atom. The fraction of sp³-hybridized carbons (Fsp3) is 0.400. The van der Waals surface area contributed by atoms with Crippen molar-refractivity contribution in [2.24, 2.45) is 0 Å². The number of thiophene rings is 1. The number of amides is 1. The van der Waals surface area contributed by atoms with Gasteiger partial charge in [0.25, 0.3) is 0 Å². The lowest BCUT2D eigenvalue weighted by molar-refractivity contribution is 0.0531. The number of carbonyl (C=O) groups is 2. The average molecular weight is 322 g/mol. The molecule has 1 rings (SSSR count). The summed E-state index contributed by atoms with van der Waals surface area (Å²) in [5.41, 5.74) is 0.573. The molecule has 2 N–H and O–H groups in total. The average Bonchev–Trinajstić information content (AvgIpc) is 2.68. The van der Waals surface area contributed by atoms with Crippen LogP contribution in [-0.2, 0) is 19.7 Å². The van der Waals surface area contributed by atoms with Gasteiger partial charge in [-0.1, -0.05) is 0 Å². The molecule has 0 aliphatic heterocycles. The molecule has 0 aliphatic carbocycles. The van der Waals surface area contributed by atoms with Crippen molar-refractivity contribution in [3.63, 3.8) is 0 Å². The maximum atomic E-state index is 11.6. The number of esters is 1. The van der Waals surface area contributed by atoms with Gasteiger partial charge in [0, 0.05) is 0 Å². The zero-order chi connectivity index (χ0) is 15.3. The first-order valence-corrected chi connectivity index (χ1v) is 7.75. The molecule has 0 aliphatic rings. The minimum absolute atomic E-state index is 0.182. The lowest BCUT2D eigenvalue weighted by Gasteiger charge is -2.05. The van der Waals surface area contributed by atoms with Crippen molar-refractivity contribution in [3.05, 3.63) is 16.5 Å². The Balaban J connectivity index is 2.87. The van der Waals surface area contributed by atoms with Crippen LogP contribution < -0.4 is 9.44 Å². The van der Waals surface area contributed by atoms with Gasteiger partial charge in [-0.15, -0.1) is 11.3 Å². The number of anilines is 1. The van der Waals surface area contributed by atoms with Gasteiger partial charge >= 0.3 is 22.3 Å². The molecule has 0 saturated carbocycles. The molecular weight excluding hydrogens is 308 g/mol. The summed E-state index contributed by atoms with van der Waals surface area (Å²) in [4.78, 5) is 22.7. The first kappa shape index (κ1) is 16.2. The molecule has 0 bridgehead atoms. The molecular formula is C10H14N2O6S2. The highest BCUT2D eigenvalue weighted by Crippen LogP contribution is 2.27.